The molecule has 0 unspecified atom stereocenters. The molecule has 0 radical (unpaired) electrons. The number of alkyl halides is 5. The first-order chi connectivity index (χ1) is 22.7. The second kappa shape index (κ2) is 14.5. The van der Waals surface area contributed by atoms with Crippen molar-refractivity contribution < 1.29 is 53.7 Å². The van der Waals surface area contributed by atoms with Gasteiger partial charge in [0.05, 0.1) is 18.3 Å². The molecule has 0 amide bonds. The lowest BCUT2D eigenvalue weighted by Gasteiger charge is -2.31. The molecule has 48 heavy (non-hydrogen) atoms. The average Bonchev–Trinajstić information content (AvgIpc) is 3.03. The highest BCUT2D eigenvalue weighted by Crippen LogP contribution is 2.41. The zero-order valence-corrected chi connectivity index (χ0v) is 25.7. The molecule has 0 spiro atoms. The van der Waals surface area contributed by atoms with Gasteiger partial charge >= 0.3 is 12.5 Å². The van der Waals surface area contributed by atoms with Crippen molar-refractivity contribution in [2.24, 2.45) is 0 Å². The van der Waals surface area contributed by atoms with Crippen molar-refractivity contribution in [1.82, 2.24) is 0 Å². The Hall–Kier alpha value is -4.19. The smallest absolute Gasteiger partial charge is 0.494 e. The molecule has 0 aliphatic heterocycles. The molecule has 0 N–H and O–H groups in total. The van der Waals surface area contributed by atoms with Crippen LogP contribution in [0.4, 0.5) is 39.5 Å². The van der Waals surface area contributed by atoms with E-state index in [4.69, 9.17) is 9.47 Å². The molecule has 1 aliphatic rings. The predicted octanol–water partition coefficient (Wildman–Crippen LogP) is 11.4. The van der Waals surface area contributed by atoms with Gasteiger partial charge in [0, 0.05) is 11.1 Å². The van der Waals surface area contributed by atoms with Crippen molar-refractivity contribution in [1.29, 1.82) is 0 Å². The lowest BCUT2D eigenvalue weighted by Crippen LogP contribution is -2.29. The van der Waals surface area contributed by atoms with E-state index in [9.17, 15) is 30.7 Å². The summed E-state index contributed by atoms with van der Waals surface area (Å²) in [6, 6.07) is 14.3. The van der Waals surface area contributed by atoms with Crippen LogP contribution in [-0.4, -0.2) is 19.1 Å². The maximum atomic E-state index is 15.3. The molecule has 3 nitrogen and oxygen atoms in total. The quantitative estimate of drug-likeness (QED) is 0.116. The highest BCUT2D eigenvalue weighted by molar-refractivity contribution is 5.72. The van der Waals surface area contributed by atoms with Gasteiger partial charge in [0.2, 0.25) is 5.75 Å². The van der Waals surface area contributed by atoms with Gasteiger partial charge in [-0.3, -0.25) is 0 Å². The van der Waals surface area contributed by atoms with Crippen LogP contribution in [0.1, 0.15) is 62.5 Å². The molecule has 256 valence electrons. The molecule has 0 atom stereocenters. The van der Waals surface area contributed by atoms with Crippen molar-refractivity contribution in [3.05, 3.63) is 107 Å². The van der Waals surface area contributed by atoms with Crippen molar-refractivity contribution in [3.63, 3.8) is 0 Å². The van der Waals surface area contributed by atoms with Gasteiger partial charge in [-0.1, -0.05) is 37.6 Å². The van der Waals surface area contributed by atoms with Crippen molar-refractivity contribution in [2.75, 3.05) is 6.61 Å². The maximum Gasteiger partial charge on any atom is 0.573 e. The number of hydrogen-bond acceptors (Lipinski definition) is 3. The Bertz CT molecular complexity index is 1690. The van der Waals surface area contributed by atoms with Gasteiger partial charge in [0.25, 0.3) is 0 Å². The Balaban J connectivity index is 1.21. The van der Waals surface area contributed by atoms with Crippen LogP contribution in [0, 0.1) is 23.3 Å². The number of rotatable bonds is 11. The van der Waals surface area contributed by atoms with E-state index in [2.05, 4.69) is 4.74 Å². The number of hydrogen-bond donors (Lipinski definition) is 0. The molecule has 1 saturated carbocycles. The summed E-state index contributed by atoms with van der Waals surface area (Å²) < 4.78 is 140. The predicted molar refractivity (Wildman–Crippen MR) is 161 cm³/mol. The van der Waals surface area contributed by atoms with Crippen LogP contribution in [0.15, 0.2) is 72.8 Å². The van der Waals surface area contributed by atoms with E-state index in [-0.39, 0.29) is 33.7 Å². The summed E-state index contributed by atoms with van der Waals surface area (Å²) in [5, 5.41) is 0. The topological polar surface area (TPSA) is 27.7 Å². The van der Waals surface area contributed by atoms with Crippen LogP contribution in [0.3, 0.4) is 0 Å². The fraction of sp³-hybridized carbons (Fsp3) is 0.333. The molecule has 4 aromatic carbocycles. The lowest BCUT2D eigenvalue weighted by atomic mass is 9.82. The Labute approximate surface area is 271 Å². The monoisotopic (exact) mass is 682 g/mol. The van der Waals surface area contributed by atoms with Gasteiger partial charge in [0.15, 0.2) is 11.6 Å². The minimum atomic E-state index is -5.33. The normalized spacial score (nSPS) is 17.0. The summed E-state index contributed by atoms with van der Waals surface area (Å²) >= 11 is 0. The van der Waals surface area contributed by atoms with Crippen molar-refractivity contribution in [3.8, 4) is 33.8 Å². The molecule has 1 aliphatic carbocycles. The second-order valence-corrected chi connectivity index (χ2v) is 11.6. The molecular formula is C36H31F9O3. The molecule has 0 heterocycles. The van der Waals surface area contributed by atoms with Crippen molar-refractivity contribution in [2.45, 2.75) is 69.9 Å². The maximum absolute atomic E-state index is 15.3. The zero-order chi connectivity index (χ0) is 34.6. The summed E-state index contributed by atoms with van der Waals surface area (Å²) in [5.41, 5.74) is -0.203. The highest BCUT2D eigenvalue weighted by atomic mass is 19.4. The van der Waals surface area contributed by atoms with Crippen LogP contribution in [-0.2, 0) is 10.8 Å². The highest BCUT2D eigenvalue weighted by Gasteiger charge is 2.38. The van der Waals surface area contributed by atoms with Gasteiger partial charge in [-0.15, -0.1) is 13.2 Å². The van der Waals surface area contributed by atoms with Gasteiger partial charge in [-0.2, -0.15) is 8.78 Å². The Morgan fingerprint density at radius 2 is 1.25 bits per heavy atom. The molecule has 4 aromatic rings. The first-order valence-electron chi connectivity index (χ1n) is 15.4. The van der Waals surface area contributed by atoms with Gasteiger partial charge < -0.3 is 14.2 Å². The number of ether oxygens (including phenoxy) is 3. The summed E-state index contributed by atoms with van der Waals surface area (Å²) in [6.45, 7) is 2.53. The third kappa shape index (κ3) is 8.44. The molecular weight excluding hydrogens is 651 g/mol. The molecule has 0 aromatic heterocycles. The van der Waals surface area contributed by atoms with Gasteiger partial charge in [-0.05, 0) is 103 Å². The number of unbranched alkanes of at least 4 members (excludes halogenated alkanes) is 1. The van der Waals surface area contributed by atoms with E-state index >= 15 is 8.78 Å². The SMILES string of the molecule is CCCCOc1ccc(C(F)(F)OC2CCC(c3ccc(-c4ccc(-c5cc(F)c(OC(F)(F)F)c(F)c5)c(F)c4)c(F)c3)CC2)cc1. The summed E-state index contributed by atoms with van der Waals surface area (Å²) in [7, 11) is 0. The molecule has 0 saturated heterocycles. The van der Waals surface area contributed by atoms with E-state index in [0.717, 1.165) is 25.0 Å². The number of benzene rings is 4. The van der Waals surface area contributed by atoms with Gasteiger partial charge in [0.1, 0.15) is 17.4 Å². The lowest BCUT2D eigenvalue weighted by molar-refractivity contribution is -0.277. The molecule has 1 fully saturated rings. The Morgan fingerprint density at radius 1 is 0.667 bits per heavy atom. The summed E-state index contributed by atoms with van der Waals surface area (Å²) in [6.07, 6.45) is -6.09. The molecule has 5 rings (SSSR count). The van der Waals surface area contributed by atoms with Crippen LogP contribution in [0.2, 0.25) is 0 Å². The molecule has 0 bridgehead atoms. The number of halogens is 9. The van der Waals surface area contributed by atoms with Gasteiger partial charge in [-0.25, -0.2) is 17.6 Å². The Morgan fingerprint density at radius 3 is 1.83 bits per heavy atom. The average molecular weight is 683 g/mol. The fourth-order valence-corrected chi connectivity index (χ4v) is 5.74. The van der Waals surface area contributed by atoms with Crippen molar-refractivity contribution >= 4 is 0 Å². The third-order valence-electron chi connectivity index (χ3n) is 8.22. The summed E-state index contributed by atoms with van der Waals surface area (Å²) in [5.74, 6) is -6.30. The Kier molecular flexibility index (Phi) is 10.6. The van der Waals surface area contributed by atoms with E-state index in [0.29, 0.717) is 55.7 Å². The van der Waals surface area contributed by atoms with Crippen LogP contribution < -0.4 is 9.47 Å². The second-order valence-electron chi connectivity index (χ2n) is 11.6. The van der Waals surface area contributed by atoms with E-state index < -0.39 is 47.6 Å². The fourth-order valence-electron chi connectivity index (χ4n) is 5.74. The minimum absolute atomic E-state index is 0.0360. The van der Waals surface area contributed by atoms with Crippen LogP contribution >= 0.6 is 0 Å². The first kappa shape index (κ1) is 35.1. The van der Waals surface area contributed by atoms with E-state index in [1.54, 1.807) is 6.07 Å². The minimum Gasteiger partial charge on any atom is -0.494 e. The van der Waals surface area contributed by atoms with Crippen LogP contribution in [0.25, 0.3) is 22.3 Å². The largest absolute Gasteiger partial charge is 0.573 e. The molecule has 12 heteroatoms. The van der Waals surface area contributed by atoms with E-state index in [1.165, 1.54) is 42.5 Å². The van der Waals surface area contributed by atoms with Crippen LogP contribution in [0.5, 0.6) is 11.5 Å². The first-order valence-corrected chi connectivity index (χ1v) is 15.4. The third-order valence-corrected chi connectivity index (χ3v) is 8.22. The van der Waals surface area contributed by atoms with E-state index in [1.807, 2.05) is 6.92 Å². The zero-order valence-electron chi connectivity index (χ0n) is 25.7. The summed E-state index contributed by atoms with van der Waals surface area (Å²) in [4.78, 5) is 0. The standard InChI is InChI=1S/C36H31F9O3/c1-2-3-16-46-26-12-8-25(9-13-26)35(41,42)47-27-10-4-21(5-11-27)22-6-14-28(30(37)17-22)23-7-15-29(31(38)18-23)24-19-32(39)34(33(40)20-24)48-36(43,44)45/h6-9,12-15,17-21,27H,2-5,10-11,16H2,1H3.